The van der Waals surface area contributed by atoms with Crippen LogP contribution in [0.4, 0.5) is 11.4 Å². The van der Waals surface area contributed by atoms with Crippen LogP contribution in [0.25, 0.3) is 0 Å². The lowest BCUT2D eigenvalue weighted by atomic mass is 9.80. The zero-order chi connectivity index (χ0) is 20.9. The van der Waals surface area contributed by atoms with E-state index in [0.29, 0.717) is 0 Å². The number of rotatable bonds is 2. The molecule has 148 valence electrons. The number of anilines is 2. The van der Waals surface area contributed by atoms with Gasteiger partial charge in [0.2, 0.25) is 0 Å². The SMILES string of the molecule is Cc1c(C)c(C)c(N(C)c2cc(C(C)(C)C)cc(C(C)(C)C)c2)c(C)c1C. The molecule has 2 rings (SSSR count). The normalized spacial score (nSPS) is 12.4. The first-order valence-electron chi connectivity index (χ1n) is 10.1. The molecule has 0 aliphatic carbocycles. The molecule has 2 aromatic carbocycles. The van der Waals surface area contributed by atoms with E-state index >= 15 is 0 Å². The van der Waals surface area contributed by atoms with Gasteiger partial charge in [-0.05, 0) is 96.5 Å². The van der Waals surface area contributed by atoms with E-state index in [1.54, 1.807) is 0 Å². The van der Waals surface area contributed by atoms with Gasteiger partial charge in [-0.1, -0.05) is 47.6 Å². The fourth-order valence-electron chi connectivity index (χ4n) is 3.78. The topological polar surface area (TPSA) is 3.24 Å². The highest BCUT2D eigenvalue weighted by Gasteiger charge is 2.23. The summed E-state index contributed by atoms with van der Waals surface area (Å²) in [5, 5.41) is 0. The van der Waals surface area contributed by atoms with Crippen LogP contribution in [0.3, 0.4) is 0 Å². The fourth-order valence-corrected chi connectivity index (χ4v) is 3.78. The van der Waals surface area contributed by atoms with Gasteiger partial charge in [-0.2, -0.15) is 0 Å². The summed E-state index contributed by atoms with van der Waals surface area (Å²) in [5.41, 5.74) is 12.7. The molecule has 1 heteroatoms. The molecule has 0 saturated heterocycles. The van der Waals surface area contributed by atoms with Gasteiger partial charge in [-0.15, -0.1) is 0 Å². The van der Waals surface area contributed by atoms with Gasteiger partial charge in [0, 0.05) is 18.4 Å². The molecule has 0 bridgehead atoms. The quantitative estimate of drug-likeness (QED) is 0.530. The summed E-state index contributed by atoms with van der Waals surface area (Å²) >= 11 is 0. The van der Waals surface area contributed by atoms with Gasteiger partial charge < -0.3 is 4.90 Å². The third kappa shape index (κ3) is 4.08. The molecule has 0 atom stereocenters. The maximum Gasteiger partial charge on any atom is 0.0473 e. The lowest BCUT2D eigenvalue weighted by Crippen LogP contribution is -2.20. The zero-order valence-electron chi connectivity index (χ0n) is 19.7. The van der Waals surface area contributed by atoms with Gasteiger partial charge in [0.25, 0.3) is 0 Å². The summed E-state index contributed by atoms with van der Waals surface area (Å²) in [6.07, 6.45) is 0. The van der Waals surface area contributed by atoms with Crippen molar-refractivity contribution in [2.75, 3.05) is 11.9 Å². The molecule has 27 heavy (non-hydrogen) atoms. The van der Waals surface area contributed by atoms with E-state index in [0.717, 1.165) is 0 Å². The molecule has 0 amide bonds. The number of hydrogen-bond donors (Lipinski definition) is 0. The Morgan fingerprint density at radius 1 is 0.556 bits per heavy atom. The smallest absolute Gasteiger partial charge is 0.0473 e. The van der Waals surface area contributed by atoms with E-state index in [1.807, 2.05) is 0 Å². The third-order valence-electron chi connectivity index (χ3n) is 6.33. The van der Waals surface area contributed by atoms with Crippen molar-refractivity contribution in [2.45, 2.75) is 87.0 Å². The van der Waals surface area contributed by atoms with Crippen LogP contribution in [-0.4, -0.2) is 7.05 Å². The number of nitrogens with zero attached hydrogens (tertiary/aromatic N) is 1. The summed E-state index contributed by atoms with van der Waals surface area (Å²) in [6.45, 7) is 25.1. The van der Waals surface area contributed by atoms with Crippen LogP contribution in [0.2, 0.25) is 0 Å². The molecule has 0 aliphatic heterocycles. The predicted octanol–water partition coefficient (Wildman–Crippen LogP) is 7.59. The Kier molecular flexibility index (Phi) is 5.59. The molecule has 1 nitrogen and oxygen atoms in total. The van der Waals surface area contributed by atoms with Gasteiger partial charge in [-0.25, -0.2) is 0 Å². The average molecular weight is 366 g/mol. The average Bonchev–Trinajstić information content (AvgIpc) is 2.56. The Labute approximate surface area is 167 Å². The molecule has 0 N–H and O–H groups in total. The van der Waals surface area contributed by atoms with Gasteiger partial charge in [0.05, 0.1) is 0 Å². The summed E-state index contributed by atoms with van der Waals surface area (Å²) in [5.74, 6) is 0. The van der Waals surface area contributed by atoms with E-state index in [-0.39, 0.29) is 10.8 Å². The van der Waals surface area contributed by atoms with Crippen LogP contribution in [0.15, 0.2) is 18.2 Å². The number of hydrogen-bond acceptors (Lipinski definition) is 1. The largest absolute Gasteiger partial charge is 0.344 e. The molecular formula is C26H39N. The van der Waals surface area contributed by atoms with Gasteiger partial charge in [0.15, 0.2) is 0 Å². The van der Waals surface area contributed by atoms with Crippen molar-refractivity contribution in [1.29, 1.82) is 0 Å². The first kappa shape index (κ1) is 21.5. The van der Waals surface area contributed by atoms with Crippen molar-refractivity contribution in [3.05, 3.63) is 57.1 Å². The van der Waals surface area contributed by atoms with E-state index in [9.17, 15) is 0 Å². The standard InChI is InChI=1S/C26H39N/c1-16-17(2)19(4)24(20(5)18(16)3)27(12)23-14-21(25(6,7)8)13-22(15-23)26(9,10)11/h13-15H,1-12H3. The van der Waals surface area contributed by atoms with Gasteiger partial charge >= 0.3 is 0 Å². The maximum atomic E-state index is 2.40. The van der Waals surface area contributed by atoms with Crippen LogP contribution in [-0.2, 0) is 10.8 Å². The van der Waals surface area contributed by atoms with Gasteiger partial charge in [-0.3, -0.25) is 0 Å². The second-order valence-electron chi connectivity index (χ2n) is 10.3. The van der Waals surface area contributed by atoms with Crippen molar-refractivity contribution in [2.24, 2.45) is 0 Å². The van der Waals surface area contributed by atoms with E-state index < -0.39 is 0 Å². The Balaban J connectivity index is 2.76. The lowest BCUT2D eigenvalue weighted by molar-refractivity contribution is 0.568. The fraction of sp³-hybridized carbons (Fsp3) is 0.538. The van der Waals surface area contributed by atoms with Crippen LogP contribution in [0.5, 0.6) is 0 Å². The van der Waals surface area contributed by atoms with Crippen LogP contribution in [0.1, 0.15) is 80.5 Å². The van der Waals surface area contributed by atoms with Crippen molar-refractivity contribution >= 4 is 11.4 Å². The van der Waals surface area contributed by atoms with Crippen molar-refractivity contribution in [1.82, 2.24) is 0 Å². The van der Waals surface area contributed by atoms with Crippen LogP contribution in [0, 0.1) is 34.6 Å². The van der Waals surface area contributed by atoms with Crippen LogP contribution < -0.4 is 4.90 Å². The highest BCUT2D eigenvalue weighted by Crippen LogP contribution is 2.39. The van der Waals surface area contributed by atoms with Crippen molar-refractivity contribution in [3.8, 4) is 0 Å². The molecule has 0 unspecified atom stereocenters. The molecule has 2 aromatic rings. The Morgan fingerprint density at radius 2 is 0.889 bits per heavy atom. The van der Waals surface area contributed by atoms with Gasteiger partial charge in [0.1, 0.15) is 0 Å². The monoisotopic (exact) mass is 365 g/mol. The molecule has 0 fully saturated rings. The third-order valence-corrected chi connectivity index (χ3v) is 6.33. The zero-order valence-corrected chi connectivity index (χ0v) is 19.7. The van der Waals surface area contributed by atoms with Crippen LogP contribution >= 0.6 is 0 Å². The molecular weight excluding hydrogens is 326 g/mol. The van der Waals surface area contributed by atoms with E-state index in [4.69, 9.17) is 0 Å². The number of benzene rings is 2. The lowest BCUT2D eigenvalue weighted by Gasteiger charge is -2.31. The van der Waals surface area contributed by atoms with E-state index in [2.05, 4.69) is 106 Å². The first-order valence-corrected chi connectivity index (χ1v) is 10.1. The summed E-state index contributed by atoms with van der Waals surface area (Å²) in [6, 6.07) is 7.14. The second kappa shape index (κ2) is 7.00. The Bertz CT molecular complexity index is 796. The summed E-state index contributed by atoms with van der Waals surface area (Å²) in [7, 11) is 2.22. The summed E-state index contributed by atoms with van der Waals surface area (Å²) < 4.78 is 0. The van der Waals surface area contributed by atoms with E-state index in [1.165, 1.54) is 50.3 Å². The highest BCUT2D eigenvalue weighted by atomic mass is 15.1. The predicted molar refractivity (Wildman–Crippen MR) is 122 cm³/mol. The molecule has 0 spiro atoms. The minimum Gasteiger partial charge on any atom is -0.344 e. The Hall–Kier alpha value is -1.76. The molecule has 0 radical (unpaired) electrons. The molecule has 0 aromatic heterocycles. The second-order valence-corrected chi connectivity index (χ2v) is 10.3. The minimum absolute atomic E-state index is 0.125. The Morgan fingerprint density at radius 3 is 1.22 bits per heavy atom. The summed E-state index contributed by atoms with van der Waals surface area (Å²) in [4.78, 5) is 2.40. The minimum atomic E-state index is 0.125. The molecule has 0 saturated carbocycles. The van der Waals surface area contributed by atoms with Crippen molar-refractivity contribution in [3.63, 3.8) is 0 Å². The highest BCUT2D eigenvalue weighted by molar-refractivity contribution is 5.74. The molecule has 0 aliphatic rings. The maximum absolute atomic E-state index is 2.40. The first-order chi connectivity index (χ1) is 12.2. The van der Waals surface area contributed by atoms with Crippen molar-refractivity contribution < 1.29 is 0 Å². The molecule has 0 heterocycles.